The van der Waals surface area contributed by atoms with Crippen LogP contribution in [0.15, 0.2) is 29.2 Å². The zero-order chi connectivity index (χ0) is 21.4. The lowest BCUT2D eigenvalue weighted by molar-refractivity contribution is -0.127. The summed E-state index contributed by atoms with van der Waals surface area (Å²) in [4.78, 5) is 35.1. The van der Waals surface area contributed by atoms with Crippen LogP contribution in [-0.2, 0) is 24.3 Å². The molecule has 156 valence electrons. The largest absolute Gasteiger partial charge is 0.452 e. The topological polar surface area (TPSA) is 131 Å². The van der Waals surface area contributed by atoms with Gasteiger partial charge in [0.2, 0.25) is 15.9 Å². The fourth-order valence-electron chi connectivity index (χ4n) is 2.02. The summed E-state index contributed by atoms with van der Waals surface area (Å²) in [7, 11) is -3.81. The number of sulfonamides is 1. The molecule has 9 nitrogen and oxygen atoms in total. The molecule has 0 radical (unpaired) electrons. The van der Waals surface area contributed by atoms with Gasteiger partial charge in [0.1, 0.15) is 0 Å². The predicted molar refractivity (Wildman–Crippen MR) is 103 cm³/mol. The SMILES string of the molecule is CCCNC(=O)CNC(=O)COC(=O)c1cccc(S(=O)(=O)NC(C)(C)C)c1. The van der Waals surface area contributed by atoms with E-state index >= 15 is 0 Å². The van der Waals surface area contributed by atoms with Crippen LogP contribution in [0.5, 0.6) is 0 Å². The maximum Gasteiger partial charge on any atom is 0.338 e. The highest BCUT2D eigenvalue weighted by Gasteiger charge is 2.23. The first-order valence-electron chi connectivity index (χ1n) is 8.79. The van der Waals surface area contributed by atoms with Gasteiger partial charge in [-0.2, -0.15) is 0 Å². The van der Waals surface area contributed by atoms with Crippen LogP contribution in [-0.4, -0.2) is 51.4 Å². The quantitative estimate of drug-likeness (QED) is 0.507. The average molecular weight is 413 g/mol. The lowest BCUT2D eigenvalue weighted by Crippen LogP contribution is -2.40. The van der Waals surface area contributed by atoms with E-state index < -0.39 is 34.0 Å². The molecule has 2 amide bonds. The first-order chi connectivity index (χ1) is 12.9. The molecule has 0 bridgehead atoms. The molecular formula is C18H27N3O6S. The van der Waals surface area contributed by atoms with Gasteiger partial charge in [0.25, 0.3) is 5.91 Å². The van der Waals surface area contributed by atoms with Gasteiger partial charge in [-0.15, -0.1) is 0 Å². The Morgan fingerprint density at radius 1 is 1.07 bits per heavy atom. The van der Waals surface area contributed by atoms with Crippen molar-refractivity contribution >= 4 is 27.8 Å². The molecule has 0 aliphatic rings. The Hall–Kier alpha value is -2.46. The third-order valence-electron chi connectivity index (χ3n) is 3.17. The molecule has 1 rings (SSSR count). The van der Waals surface area contributed by atoms with Gasteiger partial charge in [0, 0.05) is 12.1 Å². The Balaban J connectivity index is 2.64. The minimum Gasteiger partial charge on any atom is -0.452 e. The molecule has 0 fully saturated rings. The summed E-state index contributed by atoms with van der Waals surface area (Å²) in [5.41, 5.74) is -0.693. The van der Waals surface area contributed by atoms with Gasteiger partial charge in [-0.1, -0.05) is 13.0 Å². The number of esters is 1. The van der Waals surface area contributed by atoms with E-state index in [0.29, 0.717) is 6.54 Å². The molecule has 10 heteroatoms. The lowest BCUT2D eigenvalue weighted by Gasteiger charge is -2.20. The summed E-state index contributed by atoms with van der Waals surface area (Å²) in [6.07, 6.45) is 0.775. The zero-order valence-corrected chi connectivity index (χ0v) is 17.3. The van der Waals surface area contributed by atoms with E-state index in [4.69, 9.17) is 4.74 Å². The van der Waals surface area contributed by atoms with Crippen molar-refractivity contribution in [3.05, 3.63) is 29.8 Å². The van der Waals surface area contributed by atoms with E-state index in [-0.39, 0.29) is 22.9 Å². The molecule has 0 aliphatic heterocycles. The number of rotatable bonds is 9. The Morgan fingerprint density at radius 2 is 1.75 bits per heavy atom. The molecular weight excluding hydrogens is 386 g/mol. The molecule has 28 heavy (non-hydrogen) atoms. The fourth-order valence-corrected chi connectivity index (χ4v) is 3.49. The molecule has 0 unspecified atom stereocenters. The smallest absolute Gasteiger partial charge is 0.338 e. The molecule has 0 aromatic heterocycles. The minimum atomic E-state index is -3.81. The molecule has 1 aromatic rings. The van der Waals surface area contributed by atoms with Crippen molar-refractivity contribution in [2.24, 2.45) is 0 Å². The molecule has 0 atom stereocenters. The van der Waals surface area contributed by atoms with Crippen molar-refractivity contribution in [1.82, 2.24) is 15.4 Å². The van der Waals surface area contributed by atoms with Crippen molar-refractivity contribution < 1.29 is 27.5 Å². The van der Waals surface area contributed by atoms with Crippen molar-refractivity contribution in [1.29, 1.82) is 0 Å². The van der Waals surface area contributed by atoms with Gasteiger partial charge in [0.05, 0.1) is 17.0 Å². The second-order valence-electron chi connectivity index (χ2n) is 7.09. The van der Waals surface area contributed by atoms with Crippen LogP contribution in [0.2, 0.25) is 0 Å². The fraction of sp³-hybridized carbons (Fsp3) is 0.500. The standard InChI is InChI=1S/C18H27N3O6S/c1-5-9-19-15(22)11-20-16(23)12-27-17(24)13-7-6-8-14(10-13)28(25,26)21-18(2,3)4/h6-8,10,21H,5,9,11-12H2,1-4H3,(H,19,22)(H,20,23). The third kappa shape index (κ3) is 8.49. The van der Waals surface area contributed by atoms with Gasteiger partial charge in [-0.25, -0.2) is 17.9 Å². The maximum absolute atomic E-state index is 12.3. The monoisotopic (exact) mass is 413 g/mol. The second-order valence-corrected chi connectivity index (χ2v) is 8.77. The maximum atomic E-state index is 12.3. The Morgan fingerprint density at radius 3 is 2.36 bits per heavy atom. The van der Waals surface area contributed by atoms with E-state index in [1.54, 1.807) is 20.8 Å². The third-order valence-corrected chi connectivity index (χ3v) is 4.93. The number of carbonyl (C=O) groups is 3. The molecule has 3 N–H and O–H groups in total. The van der Waals surface area contributed by atoms with Gasteiger partial charge >= 0.3 is 5.97 Å². The van der Waals surface area contributed by atoms with Crippen LogP contribution in [0, 0.1) is 0 Å². The predicted octanol–water partition coefficient (Wildman–Crippen LogP) is 0.563. The van der Waals surface area contributed by atoms with Crippen LogP contribution in [0.3, 0.4) is 0 Å². The van der Waals surface area contributed by atoms with Crippen molar-refractivity contribution in [2.75, 3.05) is 19.7 Å². The molecule has 0 saturated carbocycles. The number of benzene rings is 1. The molecule has 0 heterocycles. The van der Waals surface area contributed by atoms with E-state index in [0.717, 1.165) is 6.42 Å². The number of ether oxygens (including phenoxy) is 1. The Kier molecular flexibility index (Phi) is 8.58. The first kappa shape index (κ1) is 23.6. The second kappa shape index (κ2) is 10.2. The first-order valence-corrected chi connectivity index (χ1v) is 10.3. The zero-order valence-electron chi connectivity index (χ0n) is 16.5. The molecule has 0 saturated heterocycles. The summed E-state index contributed by atoms with van der Waals surface area (Å²) in [6.45, 7) is 6.70. The van der Waals surface area contributed by atoms with Crippen LogP contribution in [0.25, 0.3) is 0 Å². The summed E-state index contributed by atoms with van der Waals surface area (Å²) in [5.74, 6) is -1.83. The number of carbonyl (C=O) groups excluding carboxylic acids is 3. The summed E-state index contributed by atoms with van der Waals surface area (Å²) in [6, 6.07) is 5.32. The van der Waals surface area contributed by atoms with Gasteiger partial charge in [0.15, 0.2) is 6.61 Å². The number of hydrogen-bond acceptors (Lipinski definition) is 6. The van der Waals surface area contributed by atoms with E-state index in [1.807, 2.05) is 6.92 Å². The highest BCUT2D eigenvalue weighted by molar-refractivity contribution is 7.89. The summed E-state index contributed by atoms with van der Waals surface area (Å²) < 4.78 is 32.1. The van der Waals surface area contributed by atoms with Crippen LogP contribution < -0.4 is 15.4 Å². The molecule has 1 aromatic carbocycles. The number of hydrogen-bond donors (Lipinski definition) is 3. The summed E-state index contributed by atoms with van der Waals surface area (Å²) >= 11 is 0. The van der Waals surface area contributed by atoms with E-state index in [2.05, 4.69) is 15.4 Å². The van der Waals surface area contributed by atoms with Crippen molar-refractivity contribution in [2.45, 2.75) is 44.6 Å². The van der Waals surface area contributed by atoms with Crippen LogP contribution in [0.1, 0.15) is 44.5 Å². The van der Waals surface area contributed by atoms with Crippen LogP contribution >= 0.6 is 0 Å². The van der Waals surface area contributed by atoms with Gasteiger partial charge in [-0.3, -0.25) is 9.59 Å². The highest BCUT2D eigenvalue weighted by atomic mass is 32.2. The van der Waals surface area contributed by atoms with Gasteiger partial charge in [-0.05, 0) is 45.4 Å². The minimum absolute atomic E-state index is 0.00901. The Labute approximate surface area is 165 Å². The van der Waals surface area contributed by atoms with Gasteiger partial charge < -0.3 is 15.4 Å². The van der Waals surface area contributed by atoms with Crippen molar-refractivity contribution in [3.63, 3.8) is 0 Å². The normalized spacial score (nSPS) is 11.6. The van der Waals surface area contributed by atoms with Crippen molar-refractivity contribution in [3.8, 4) is 0 Å². The number of nitrogens with one attached hydrogen (secondary N) is 3. The van der Waals surface area contributed by atoms with E-state index in [9.17, 15) is 22.8 Å². The summed E-state index contributed by atoms with van der Waals surface area (Å²) in [5, 5.41) is 4.92. The molecule has 0 spiro atoms. The lowest BCUT2D eigenvalue weighted by atomic mass is 10.1. The molecule has 0 aliphatic carbocycles. The van der Waals surface area contributed by atoms with E-state index in [1.165, 1.54) is 24.3 Å². The Bertz CT molecular complexity index is 815. The highest BCUT2D eigenvalue weighted by Crippen LogP contribution is 2.15. The number of amides is 2. The van der Waals surface area contributed by atoms with Crippen LogP contribution in [0.4, 0.5) is 0 Å². The average Bonchev–Trinajstić information content (AvgIpc) is 2.60.